The zero-order valence-corrected chi connectivity index (χ0v) is 10.7. The Labute approximate surface area is 107 Å². The summed E-state index contributed by atoms with van der Waals surface area (Å²) in [7, 11) is 0. The molecule has 4 nitrogen and oxygen atoms in total. The summed E-state index contributed by atoms with van der Waals surface area (Å²) < 4.78 is 0. The fourth-order valence-electron chi connectivity index (χ4n) is 2.57. The van der Waals surface area contributed by atoms with E-state index in [-0.39, 0.29) is 22.9 Å². The number of rotatable bonds is 3. The first-order valence-electron chi connectivity index (χ1n) is 6.68. The fourth-order valence-corrected chi connectivity index (χ4v) is 2.57. The first kappa shape index (κ1) is 12.9. The molecule has 1 saturated carbocycles. The molecule has 98 valence electrons. The molecule has 4 heteroatoms. The van der Waals surface area contributed by atoms with Gasteiger partial charge in [-0.15, -0.1) is 0 Å². The Morgan fingerprint density at radius 3 is 2.72 bits per heavy atom. The van der Waals surface area contributed by atoms with Crippen LogP contribution in [-0.2, 0) is 0 Å². The lowest BCUT2D eigenvalue weighted by atomic mass is 9.84. The largest absolute Gasteiger partial charge is 0.367 e. The van der Waals surface area contributed by atoms with E-state index in [1.54, 1.807) is 0 Å². The lowest BCUT2D eigenvalue weighted by Gasteiger charge is -2.28. The zero-order chi connectivity index (χ0) is 13.0. The highest BCUT2D eigenvalue weighted by Gasteiger charge is 2.22. The van der Waals surface area contributed by atoms with Gasteiger partial charge in [-0.25, -0.2) is 0 Å². The summed E-state index contributed by atoms with van der Waals surface area (Å²) in [5, 5.41) is 2.96. The number of nitrogens with one attached hydrogen (secondary N) is 2. The van der Waals surface area contributed by atoms with Crippen molar-refractivity contribution in [3.63, 3.8) is 0 Å². The lowest BCUT2D eigenvalue weighted by Crippen LogP contribution is -2.39. The van der Waals surface area contributed by atoms with Crippen LogP contribution in [0, 0.1) is 5.92 Å². The number of carbonyl (C=O) groups is 1. The van der Waals surface area contributed by atoms with Gasteiger partial charge in [0.2, 0.25) is 0 Å². The maximum absolute atomic E-state index is 12.0. The maximum Gasteiger partial charge on any atom is 0.256 e. The third-order valence-corrected chi connectivity index (χ3v) is 3.83. The third kappa shape index (κ3) is 3.00. The Kier molecular flexibility index (Phi) is 4.18. The molecule has 0 radical (unpaired) electrons. The molecule has 18 heavy (non-hydrogen) atoms. The van der Waals surface area contributed by atoms with E-state index in [0.29, 0.717) is 0 Å². The monoisotopic (exact) mass is 248 g/mol. The molecule has 1 fully saturated rings. The fraction of sp³-hybridized carbons (Fsp3) is 0.571. The number of H-pyrrole nitrogens is 1. The highest BCUT2D eigenvalue weighted by atomic mass is 16.2. The van der Waals surface area contributed by atoms with Gasteiger partial charge in [-0.05, 0) is 31.6 Å². The van der Waals surface area contributed by atoms with Crippen molar-refractivity contribution in [2.45, 2.75) is 45.1 Å². The highest BCUT2D eigenvalue weighted by Crippen LogP contribution is 2.26. The molecular formula is C14H20N2O2. The van der Waals surface area contributed by atoms with Crippen LogP contribution in [0.4, 0.5) is 0 Å². The Hall–Kier alpha value is -1.58. The van der Waals surface area contributed by atoms with Crippen LogP contribution in [0.3, 0.4) is 0 Å². The molecule has 0 saturated heterocycles. The van der Waals surface area contributed by atoms with Crippen molar-refractivity contribution in [1.82, 2.24) is 10.3 Å². The van der Waals surface area contributed by atoms with E-state index in [1.807, 2.05) is 0 Å². The van der Waals surface area contributed by atoms with Gasteiger partial charge in [-0.2, -0.15) is 0 Å². The molecule has 1 amide bonds. The van der Waals surface area contributed by atoms with Gasteiger partial charge < -0.3 is 10.3 Å². The van der Waals surface area contributed by atoms with E-state index in [4.69, 9.17) is 0 Å². The Balaban J connectivity index is 1.93. The van der Waals surface area contributed by atoms with Gasteiger partial charge in [0.25, 0.3) is 5.91 Å². The molecule has 1 aliphatic rings. The van der Waals surface area contributed by atoms with Crippen LogP contribution >= 0.6 is 0 Å². The molecule has 1 aromatic rings. The third-order valence-electron chi connectivity index (χ3n) is 3.83. The number of hydrogen-bond acceptors (Lipinski definition) is 2. The van der Waals surface area contributed by atoms with Gasteiger partial charge in [0.15, 0.2) is 5.43 Å². The molecule has 0 aromatic carbocycles. The van der Waals surface area contributed by atoms with Crippen LogP contribution in [0.2, 0.25) is 0 Å². The van der Waals surface area contributed by atoms with Gasteiger partial charge in [-0.1, -0.05) is 13.3 Å². The molecule has 1 aliphatic carbocycles. The second-order valence-corrected chi connectivity index (χ2v) is 5.02. The number of pyridine rings is 1. The van der Waals surface area contributed by atoms with Crippen LogP contribution < -0.4 is 10.7 Å². The second-order valence-electron chi connectivity index (χ2n) is 5.02. The van der Waals surface area contributed by atoms with Crippen LogP contribution in [0.15, 0.2) is 23.3 Å². The summed E-state index contributed by atoms with van der Waals surface area (Å²) in [5.74, 6) is 0.551. The first-order valence-corrected chi connectivity index (χ1v) is 6.68. The van der Waals surface area contributed by atoms with Crippen LogP contribution in [0.5, 0.6) is 0 Å². The van der Waals surface area contributed by atoms with Crippen molar-refractivity contribution >= 4 is 5.91 Å². The van der Waals surface area contributed by atoms with Gasteiger partial charge >= 0.3 is 0 Å². The Morgan fingerprint density at radius 1 is 1.39 bits per heavy atom. The average Bonchev–Trinajstić information content (AvgIpc) is 2.40. The summed E-state index contributed by atoms with van der Waals surface area (Å²) in [6, 6.07) is 1.60. The van der Waals surface area contributed by atoms with Crippen molar-refractivity contribution in [2.24, 2.45) is 5.92 Å². The predicted molar refractivity (Wildman–Crippen MR) is 70.6 cm³/mol. The number of amides is 1. The summed E-state index contributed by atoms with van der Waals surface area (Å²) >= 11 is 0. The van der Waals surface area contributed by atoms with Crippen LogP contribution in [-0.4, -0.2) is 16.9 Å². The summed E-state index contributed by atoms with van der Waals surface area (Å²) in [6.07, 6.45) is 8.61. The van der Waals surface area contributed by atoms with E-state index in [0.717, 1.165) is 18.8 Å². The van der Waals surface area contributed by atoms with E-state index in [9.17, 15) is 9.59 Å². The summed E-state index contributed by atoms with van der Waals surface area (Å²) in [4.78, 5) is 26.2. The highest BCUT2D eigenvalue weighted by molar-refractivity contribution is 5.93. The standard InChI is InChI=1S/C14H20N2O2/c1-2-10-3-5-11(6-4-10)16-14(18)12-9-15-8-7-13(12)17/h7-11H,2-6H2,1H3,(H,15,17)(H,16,18). The van der Waals surface area contributed by atoms with E-state index in [2.05, 4.69) is 17.2 Å². The number of carbonyl (C=O) groups excluding carboxylic acids is 1. The zero-order valence-electron chi connectivity index (χ0n) is 10.7. The lowest BCUT2D eigenvalue weighted by molar-refractivity contribution is 0.0920. The molecule has 0 spiro atoms. The minimum absolute atomic E-state index is 0.204. The maximum atomic E-state index is 12.0. The minimum atomic E-state index is -0.253. The molecule has 2 rings (SSSR count). The quantitative estimate of drug-likeness (QED) is 0.860. The summed E-state index contributed by atoms with van der Waals surface area (Å²) in [5.41, 5.74) is -0.0244. The van der Waals surface area contributed by atoms with Crippen LogP contribution in [0.1, 0.15) is 49.4 Å². The normalized spacial score (nSPS) is 23.6. The van der Waals surface area contributed by atoms with Crippen molar-refractivity contribution in [2.75, 3.05) is 0 Å². The molecule has 1 heterocycles. The van der Waals surface area contributed by atoms with E-state index >= 15 is 0 Å². The van der Waals surface area contributed by atoms with Crippen LogP contribution in [0.25, 0.3) is 0 Å². The van der Waals surface area contributed by atoms with Gasteiger partial charge in [0.05, 0.1) is 0 Å². The predicted octanol–water partition coefficient (Wildman–Crippen LogP) is 2.07. The first-order chi connectivity index (χ1) is 8.70. The van der Waals surface area contributed by atoms with Crippen molar-refractivity contribution in [1.29, 1.82) is 0 Å². The van der Waals surface area contributed by atoms with Gasteiger partial charge in [-0.3, -0.25) is 9.59 Å². The van der Waals surface area contributed by atoms with Crippen molar-refractivity contribution in [3.05, 3.63) is 34.2 Å². The average molecular weight is 248 g/mol. The molecule has 0 aliphatic heterocycles. The number of aromatic nitrogens is 1. The van der Waals surface area contributed by atoms with Gasteiger partial charge in [0, 0.05) is 24.5 Å². The van der Waals surface area contributed by atoms with E-state index < -0.39 is 0 Å². The molecule has 2 N–H and O–H groups in total. The molecule has 1 aromatic heterocycles. The minimum Gasteiger partial charge on any atom is -0.367 e. The van der Waals surface area contributed by atoms with Gasteiger partial charge in [0.1, 0.15) is 5.56 Å². The van der Waals surface area contributed by atoms with E-state index in [1.165, 1.54) is 37.7 Å². The SMILES string of the molecule is CCC1CCC(NC(=O)c2c[nH]ccc2=O)CC1. The Morgan fingerprint density at radius 2 is 2.11 bits per heavy atom. The number of aromatic amines is 1. The molecular weight excluding hydrogens is 228 g/mol. The molecule has 0 bridgehead atoms. The topological polar surface area (TPSA) is 62.0 Å². The number of hydrogen-bond donors (Lipinski definition) is 2. The molecule has 0 atom stereocenters. The van der Waals surface area contributed by atoms with Crippen molar-refractivity contribution < 1.29 is 4.79 Å². The summed E-state index contributed by atoms with van der Waals surface area (Å²) in [6.45, 7) is 2.22. The smallest absolute Gasteiger partial charge is 0.256 e. The second kappa shape index (κ2) is 5.85. The van der Waals surface area contributed by atoms with Crippen molar-refractivity contribution in [3.8, 4) is 0 Å². The Bertz CT molecular complexity index is 459. The molecule has 0 unspecified atom stereocenters.